The zero-order valence-corrected chi connectivity index (χ0v) is 13.8. The molecule has 1 aromatic carbocycles. The molecule has 1 atom stereocenters. The molecule has 6 heteroatoms. The van der Waals surface area contributed by atoms with Crippen LogP contribution in [-0.4, -0.2) is 24.0 Å². The number of ether oxygens (including phenoxy) is 1. The van der Waals surface area contributed by atoms with Crippen molar-refractivity contribution in [2.45, 2.75) is 26.2 Å². The summed E-state index contributed by atoms with van der Waals surface area (Å²) >= 11 is 6.12. The molecule has 0 spiro atoms. The highest BCUT2D eigenvalue weighted by atomic mass is 35.5. The van der Waals surface area contributed by atoms with Gasteiger partial charge in [0.1, 0.15) is 17.1 Å². The number of carbonyl (C=O) groups is 2. The number of methoxy groups -OCH3 is 1. The molecule has 0 amide bonds. The van der Waals surface area contributed by atoms with Crippen LogP contribution >= 0.6 is 11.6 Å². The minimum atomic E-state index is -1.13. The van der Waals surface area contributed by atoms with Crippen molar-refractivity contribution in [3.63, 3.8) is 0 Å². The Labute approximate surface area is 138 Å². The summed E-state index contributed by atoms with van der Waals surface area (Å²) < 4.78 is 10.6. The third kappa shape index (κ3) is 3.40. The Morgan fingerprint density at radius 2 is 2.04 bits per heavy atom. The van der Waals surface area contributed by atoms with E-state index in [2.05, 4.69) is 0 Å². The molecule has 2 aromatic rings. The third-order valence-electron chi connectivity index (χ3n) is 3.66. The van der Waals surface area contributed by atoms with E-state index in [9.17, 15) is 14.7 Å². The van der Waals surface area contributed by atoms with Crippen LogP contribution in [0.1, 0.15) is 58.4 Å². The van der Waals surface area contributed by atoms with Gasteiger partial charge < -0.3 is 14.3 Å². The lowest BCUT2D eigenvalue weighted by Crippen LogP contribution is -2.03. The predicted molar refractivity (Wildman–Crippen MR) is 85.8 cm³/mol. The highest BCUT2D eigenvalue weighted by molar-refractivity contribution is 6.32. The Kier molecular flexibility index (Phi) is 5.11. The second kappa shape index (κ2) is 6.87. The molecule has 0 saturated heterocycles. The van der Waals surface area contributed by atoms with E-state index in [4.69, 9.17) is 20.8 Å². The molecule has 0 aliphatic rings. The van der Waals surface area contributed by atoms with Crippen LogP contribution in [0.3, 0.4) is 0 Å². The molecule has 1 N–H and O–H groups in total. The van der Waals surface area contributed by atoms with Crippen molar-refractivity contribution in [2.75, 3.05) is 7.11 Å². The third-order valence-corrected chi connectivity index (χ3v) is 3.95. The van der Waals surface area contributed by atoms with Gasteiger partial charge in [0.25, 0.3) is 0 Å². The highest BCUT2D eigenvalue weighted by Gasteiger charge is 2.25. The maximum Gasteiger partial charge on any atom is 0.339 e. The summed E-state index contributed by atoms with van der Waals surface area (Å²) in [5.41, 5.74) is 0.754. The van der Waals surface area contributed by atoms with Gasteiger partial charge in [-0.3, -0.25) is 4.79 Å². The monoisotopic (exact) mass is 336 g/mol. The molecule has 0 radical (unpaired) electrons. The summed E-state index contributed by atoms with van der Waals surface area (Å²) in [6.07, 6.45) is 0.245. The molecule has 0 fully saturated rings. The van der Waals surface area contributed by atoms with Gasteiger partial charge in [0.15, 0.2) is 11.5 Å². The topological polar surface area (TPSA) is 76.7 Å². The standard InChI is InChI=1S/C17H17ClO5/c1-4-13(19)15-8-11(17(20)21)16(23-15)9(2)10-5-6-14(22-3)12(18)7-10/h5-9H,4H2,1-3H3,(H,20,21). The summed E-state index contributed by atoms with van der Waals surface area (Å²) in [6, 6.07) is 6.46. The molecule has 0 aliphatic carbocycles. The SMILES string of the molecule is CCC(=O)c1cc(C(=O)O)c(C(C)c2ccc(OC)c(Cl)c2)o1. The fraction of sp³-hybridized carbons (Fsp3) is 0.294. The second-order valence-corrected chi connectivity index (χ2v) is 5.49. The molecular weight excluding hydrogens is 320 g/mol. The van der Waals surface area contributed by atoms with E-state index in [1.807, 2.05) is 0 Å². The van der Waals surface area contributed by atoms with Crippen molar-refractivity contribution >= 4 is 23.4 Å². The van der Waals surface area contributed by atoms with Gasteiger partial charge in [0.2, 0.25) is 0 Å². The largest absolute Gasteiger partial charge is 0.495 e. The van der Waals surface area contributed by atoms with Crippen LogP contribution in [0.15, 0.2) is 28.7 Å². The number of carboxylic acid groups (broad SMARTS) is 1. The normalized spacial score (nSPS) is 12.0. The number of hydrogen-bond acceptors (Lipinski definition) is 4. The lowest BCUT2D eigenvalue weighted by atomic mass is 9.96. The summed E-state index contributed by atoms with van der Waals surface area (Å²) in [6.45, 7) is 3.49. The zero-order chi connectivity index (χ0) is 17.1. The van der Waals surface area contributed by atoms with E-state index in [1.165, 1.54) is 13.2 Å². The van der Waals surface area contributed by atoms with E-state index in [0.29, 0.717) is 10.8 Å². The van der Waals surface area contributed by atoms with E-state index in [1.54, 1.807) is 32.0 Å². The highest BCUT2D eigenvalue weighted by Crippen LogP contribution is 2.34. The first kappa shape index (κ1) is 17.1. The van der Waals surface area contributed by atoms with Crippen molar-refractivity contribution in [2.24, 2.45) is 0 Å². The van der Waals surface area contributed by atoms with Crippen LogP contribution in [0.4, 0.5) is 0 Å². The van der Waals surface area contributed by atoms with Crippen LogP contribution in [0.2, 0.25) is 5.02 Å². The lowest BCUT2D eigenvalue weighted by Gasteiger charge is -2.12. The minimum Gasteiger partial charge on any atom is -0.495 e. The van der Waals surface area contributed by atoms with Gasteiger partial charge in [-0.1, -0.05) is 31.5 Å². The summed E-state index contributed by atoms with van der Waals surface area (Å²) in [5, 5.41) is 9.77. The Morgan fingerprint density at radius 1 is 1.35 bits per heavy atom. The summed E-state index contributed by atoms with van der Waals surface area (Å²) in [7, 11) is 1.52. The Hall–Kier alpha value is -2.27. The smallest absolute Gasteiger partial charge is 0.339 e. The van der Waals surface area contributed by atoms with Gasteiger partial charge in [0.05, 0.1) is 12.1 Å². The molecule has 1 heterocycles. The van der Waals surface area contributed by atoms with E-state index < -0.39 is 5.97 Å². The molecule has 2 rings (SSSR count). The van der Waals surface area contributed by atoms with Crippen molar-refractivity contribution in [1.29, 1.82) is 0 Å². The fourth-order valence-corrected chi connectivity index (χ4v) is 2.58. The maximum absolute atomic E-state index is 11.8. The van der Waals surface area contributed by atoms with Crippen molar-refractivity contribution in [3.05, 3.63) is 51.9 Å². The molecule has 0 aliphatic heterocycles. The number of Topliss-reactive ketones (excluding diaryl/α,β-unsaturated/α-hetero) is 1. The van der Waals surface area contributed by atoms with Gasteiger partial charge in [-0.05, 0) is 17.7 Å². The molecule has 1 aromatic heterocycles. The second-order valence-electron chi connectivity index (χ2n) is 5.09. The quantitative estimate of drug-likeness (QED) is 0.792. The van der Waals surface area contributed by atoms with Gasteiger partial charge in [-0.2, -0.15) is 0 Å². The number of furan rings is 1. The van der Waals surface area contributed by atoms with Crippen LogP contribution in [0, 0.1) is 0 Å². The van der Waals surface area contributed by atoms with Crippen LogP contribution in [0.5, 0.6) is 5.75 Å². The Morgan fingerprint density at radius 3 is 2.57 bits per heavy atom. The molecular formula is C17H17ClO5. The average molecular weight is 337 g/mol. The Balaban J connectivity index is 2.47. The van der Waals surface area contributed by atoms with Crippen molar-refractivity contribution < 1.29 is 23.8 Å². The zero-order valence-electron chi connectivity index (χ0n) is 13.1. The number of carboxylic acids is 1. The number of benzene rings is 1. The number of hydrogen-bond donors (Lipinski definition) is 1. The summed E-state index contributed by atoms with van der Waals surface area (Å²) in [4.78, 5) is 23.2. The molecule has 23 heavy (non-hydrogen) atoms. The first-order valence-corrected chi connectivity index (χ1v) is 7.50. The van der Waals surface area contributed by atoms with E-state index in [-0.39, 0.29) is 35.2 Å². The van der Waals surface area contributed by atoms with Gasteiger partial charge in [-0.25, -0.2) is 4.79 Å². The van der Waals surface area contributed by atoms with Crippen LogP contribution < -0.4 is 4.74 Å². The van der Waals surface area contributed by atoms with Crippen molar-refractivity contribution in [3.8, 4) is 5.75 Å². The molecule has 122 valence electrons. The molecule has 5 nitrogen and oxygen atoms in total. The predicted octanol–water partition coefficient (Wildman–Crippen LogP) is 4.38. The average Bonchev–Trinajstić information content (AvgIpc) is 2.98. The number of halogens is 1. The molecule has 1 unspecified atom stereocenters. The fourth-order valence-electron chi connectivity index (χ4n) is 2.31. The first-order chi connectivity index (χ1) is 10.9. The summed E-state index contributed by atoms with van der Waals surface area (Å²) in [5.74, 6) is -0.920. The lowest BCUT2D eigenvalue weighted by molar-refractivity contribution is 0.0693. The van der Waals surface area contributed by atoms with Crippen molar-refractivity contribution in [1.82, 2.24) is 0 Å². The number of aromatic carboxylic acids is 1. The molecule has 0 bridgehead atoms. The minimum absolute atomic E-state index is 0.0127. The first-order valence-electron chi connectivity index (χ1n) is 7.12. The van der Waals surface area contributed by atoms with E-state index >= 15 is 0 Å². The number of carbonyl (C=O) groups excluding carboxylic acids is 1. The Bertz CT molecular complexity index is 747. The van der Waals surface area contributed by atoms with E-state index in [0.717, 1.165) is 5.56 Å². The van der Waals surface area contributed by atoms with Gasteiger partial charge >= 0.3 is 5.97 Å². The maximum atomic E-state index is 11.8. The van der Waals surface area contributed by atoms with Gasteiger partial charge in [0, 0.05) is 18.4 Å². The van der Waals surface area contributed by atoms with Gasteiger partial charge in [-0.15, -0.1) is 0 Å². The number of ketones is 1. The number of rotatable bonds is 6. The van der Waals surface area contributed by atoms with Crippen LogP contribution in [0.25, 0.3) is 0 Å². The molecule has 0 saturated carbocycles. The van der Waals surface area contributed by atoms with Crippen LogP contribution in [-0.2, 0) is 0 Å².